The van der Waals surface area contributed by atoms with Gasteiger partial charge in [-0.2, -0.15) is 0 Å². The van der Waals surface area contributed by atoms with E-state index in [0.29, 0.717) is 6.04 Å². The van der Waals surface area contributed by atoms with Crippen LogP contribution in [0.2, 0.25) is 0 Å². The number of amides is 1. The third-order valence-corrected chi connectivity index (χ3v) is 4.18. The van der Waals surface area contributed by atoms with Gasteiger partial charge in [0.25, 0.3) is 0 Å². The number of hydrogen-bond donors (Lipinski definition) is 1. The zero-order valence-corrected chi connectivity index (χ0v) is 12.3. The summed E-state index contributed by atoms with van der Waals surface area (Å²) in [5.74, 6) is 0.0936. The van der Waals surface area contributed by atoms with Crippen LogP contribution in [-0.4, -0.2) is 48.6 Å². The molecule has 0 saturated carbocycles. The molecule has 6 heteroatoms. The maximum atomic E-state index is 11.7. The quantitative estimate of drug-likeness (QED) is 0.881. The molecule has 1 N–H and O–H groups in total. The predicted octanol–water partition coefficient (Wildman–Crippen LogP) is 1.18. The SMILES string of the molecule is COCC(=O)N1CCC(NCc2csc(C)n2)CC1. The first kappa shape index (κ1) is 14.4. The van der Waals surface area contributed by atoms with Crippen LogP contribution in [0.3, 0.4) is 0 Å². The summed E-state index contributed by atoms with van der Waals surface area (Å²) in [7, 11) is 1.56. The number of piperidine rings is 1. The van der Waals surface area contributed by atoms with Crippen molar-refractivity contribution in [2.45, 2.75) is 32.4 Å². The van der Waals surface area contributed by atoms with E-state index in [2.05, 4.69) is 15.7 Å². The molecular formula is C13H21N3O2S. The maximum absolute atomic E-state index is 11.7. The molecule has 0 spiro atoms. The highest BCUT2D eigenvalue weighted by atomic mass is 32.1. The highest BCUT2D eigenvalue weighted by Gasteiger charge is 2.22. The second-order valence-corrected chi connectivity index (χ2v) is 5.89. The van der Waals surface area contributed by atoms with Crippen LogP contribution in [0.5, 0.6) is 0 Å². The number of nitrogens with one attached hydrogen (secondary N) is 1. The average Bonchev–Trinajstić information content (AvgIpc) is 2.83. The summed E-state index contributed by atoms with van der Waals surface area (Å²) in [6, 6.07) is 0.480. The van der Waals surface area contributed by atoms with Gasteiger partial charge in [0.15, 0.2) is 0 Å². The number of likely N-dealkylation sites (tertiary alicyclic amines) is 1. The van der Waals surface area contributed by atoms with Crippen molar-refractivity contribution in [3.8, 4) is 0 Å². The van der Waals surface area contributed by atoms with E-state index < -0.39 is 0 Å². The summed E-state index contributed by atoms with van der Waals surface area (Å²) in [6.07, 6.45) is 2.00. The highest BCUT2D eigenvalue weighted by Crippen LogP contribution is 2.12. The molecule has 0 radical (unpaired) electrons. The summed E-state index contributed by atoms with van der Waals surface area (Å²) < 4.78 is 4.88. The van der Waals surface area contributed by atoms with Crippen molar-refractivity contribution in [2.75, 3.05) is 26.8 Å². The molecule has 2 rings (SSSR count). The summed E-state index contributed by atoms with van der Waals surface area (Å²) in [4.78, 5) is 18.0. The minimum Gasteiger partial charge on any atom is -0.375 e. The first-order chi connectivity index (χ1) is 9.19. The molecule has 1 amide bonds. The van der Waals surface area contributed by atoms with Gasteiger partial charge in [0, 0.05) is 38.2 Å². The van der Waals surface area contributed by atoms with E-state index in [-0.39, 0.29) is 12.5 Å². The number of nitrogens with zero attached hydrogens (tertiary/aromatic N) is 2. The minimum absolute atomic E-state index is 0.0936. The Morgan fingerprint density at radius 1 is 1.58 bits per heavy atom. The van der Waals surface area contributed by atoms with Crippen LogP contribution in [0.15, 0.2) is 5.38 Å². The molecule has 1 aromatic heterocycles. The molecule has 0 aliphatic carbocycles. The van der Waals surface area contributed by atoms with Crippen molar-refractivity contribution >= 4 is 17.2 Å². The lowest BCUT2D eigenvalue weighted by atomic mass is 10.0. The number of rotatable bonds is 5. The summed E-state index contributed by atoms with van der Waals surface area (Å²) in [5, 5.41) is 6.72. The van der Waals surface area contributed by atoms with E-state index in [9.17, 15) is 4.79 Å². The predicted molar refractivity (Wildman–Crippen MR) is 75.2 cm³/mol. The van der Waals surface area contributed by atoms with Gasteiger partial charge in [-0.1, -0.05) is 0 Å². The van der Waals surface area contributed by atoms with E-state index >= 15 is 0 Å². The fourth-order valence-electron chi connectivity index (χ4n) is 2.29. The molecule has 1 aliphatic rings. The number of thiazole rings is 1. The largest absolute Gasteiger partial charge is 0.375 e. The van der Waals surface area contributed by atoms with Crippen LogP contribution in [0, 0.1) is 6.92 Å². The van der Waals surface area contributed by atoms with Gasteiger partial charge in [-0.05, 0) is 19.8 Å². The Kier molecular flexibility index (Phi) is 5.30. The molecule has 2 heterocycles. The summed E-state index contributed by atoms with van der Waals surface area (Å²) in [5.41, 5.74) is 1.11. The van der Waals surface area contributed by atoms with Gasteiger partial charge in [-0.25, -0.2) is 4.98 Å². The molecule has 1 fully saturated rings. The van der Waals surface area contributed by atoms with Crippen molar-refractivity contribution in [1.82, 2.24) is 15.2 Å². The lowest BCUT2D eigenvalue weighted by Crippen LogP contribution is -2.45. The Hall–Kier alpha value is -0.980. The van der Waals surface area contributed by atoms with Gasteiger partial charge in [-0.3, -0.25) is 4.79 Å². The van der Waals surface area contributed by atoms with E-state index in [1.807, 2.05) is 11.8 Å². The van der Waals surface area contributed by atoms with Crippen molar-refractivity contribution < 1.29 is 9.53 Å². The lowest BCUT2D eigenvalue weighted by molar-refractivity contribution is -0.136. The zero-order chi connectivity index (χ0) is 13.7. The number of methoxy groups -OCH3 is 1. The van der Waals surface area contributed by atoms with Gasteiger partial charge < -0.3 is 15.0 Å². The van der Waals surface area contributed by atoms with Crippen LogP contribution in [-0.2, 0) is 16.1 Å². The van der Waals surface area contributed by atoms with Crippen LogP contribution in [0.4, 0.5) is 0 Å². The normalized spacial score (nSPS) is 16.8. The maximum Gasteiger partial charge on any atom is 0.248 e. The molecule has 0 aromatic carbocycles. The summed E-state index contributed by atoms with van der Waals surface area (Å²) >= 11 is 1.68. The smallest absolute Gasteiger partial charge is 0.248 e. The second kappa shape index (κ2) is 6.98. The molecule has 0 unspecified atom stereocenters. The van der Waals surface area contributed by atoms with Crippen LogP contribution < -0.4 is 5.32 Å². The fourth-order valence-corrected chi connectivity index (χ4v) is 2.90. The lowest BCUT2D eigenvalue weighted by Gasteiger charge is -2.32. The third-order valence-electron chi connectivity index (χ3n) is 3.35. The Balaban J connectivity index is 1.70. The Labute approximate surface area is 118 Å². The van der Waals surface area contributed by atoms with Crippen LogP contribution in [0.1, 0.15) is 23.5 Å². The zero-order valence-electron chi connectivity index (χ0n) is 11.5. The van der Waals surface area contributed by atoms with Gasteiger partial charge in [0.2, 0.25) is 5.91 Å². The van der Waals surface area contributed by atoms with E-state index in [4.69, 9.17) is 4.74 Å². The molecule has 1 aliphatic heterocycles. The first-order valence-electron chi connectivity index (χ1n) is 6.60. The third kappa shape index (κ3) is 4.26. The van der Waals surface area contributed by atoms with Gasteiger partial charge in [0.1, 0.15) is 6.61 Å². The monoisotopic (exact) mass is 283 g/mol. The van der Waals surface area contributed by atoms with E-state index in [1.54, 1.807) is 18.4 Å². The molecule has 0 atom stereocenters. The molecule has 19 heavy (non-hydrogen) atoms. The van der Waals surface area contributed by atoms with Crippen molar-refractivity contribution in [3.63, 3.8) is 0 Å². The molecule has 1 saturated heterocycles. The number of ether oxygens (including phenoxy) is 1. The standard InChI is InChI=1S/C13H21N3O2S/c1-10-15-12(9-19-10)7-14-11-3-5-16(6-4-11)13(17)8-18-2/h9,11,14H,3-8H2,1-2H3. The first-order valence-corrected chi connectivity index (χ1v) is 7.48. The minimum atomic E-state index is 0.0936. The average molecular weight is 283 g/mol. The van der Waals surface area contributed by atoms with Gasteiger partial charge >= 0.3 is 0 Å². The van der Waals surface area contributed by atoms with Crippen molar-refractivity contribution in [3.05, 3.63) is 16.1 Å². The Morgan fingerprint density at radius 3 is 2.89 bits per heavy atom. The molecule has 0 bridgehead atoms. The second-order valence-electron chi connectivity index (χ2n) is 4.83. The highest BCUT2D eigenvalue weighted by molar-refractivity contribution is 7.09. The van der Waals surface area contributed by atoms with E-state index in [1.165, 1.54) is 0 Å². The fraction of sp³-hybridized carbons (Fsp3) is 0.692. The van der Waals surface area contributed by atoms with Crippen LogP contribution >= 0.6 is 11.3 Å². The Bertz CT molecular complexity index is 414. The number of carbonyl (C=O) groups excluding carboxylic acids is 1. The van der Waals surface area contributed by atoms with E-state index in [0.717, 1.165) is 43.2 Å². The number of aryl methyl sites for hydroxylation is 1. The molecule has 5 nitrogen and oxygen atoms in total. The van der Waals surface area contributed by atoms with Gasteiger partial charge in [0.05, 0.1) is 10.7 Å². The van der Waals surface area contributed by atoms with Crippen molar-refractivity contribution in [1.29, 1.82) is 0 Å². The Morgan fingerprint density at radius 2 is 2.32 bits per heavy atom. The molecular weight excluding hydrogens is 262 g/mol. The number of aromatic nitrogens is 1. The number of carbonyl (C=O) groups is 1. The van der Waals surface area contributed by atoms with Crippen molar-refractivity contribution in [2.24, 2.45) is 0 Å². The van der Waals surface area contributed by atoms with Gasteiger partial charge in [-0.15, -0.1) is 11.3 Å². The number of hydrogen-bond acceptors (Lipinski definition) is 5. The molecule has 106 valence electrons. The summed E-state index contributed by atoms with van der Waals surface area (Å²) in [6.45, 7) is 4.66. The van der Waals surface area contributed by atoms with Crippen LogP contribution in [0.25, 0.3) is 0 Å². The molecule has 1 aromatic rings. The topological polar surface area (TPSA) is 54.5 Å².